The number of unbranched alkanes of at least 4 members (excludes halogenated alkanes) is 5. The van der Waals surface area contributed by atoms with Gasteiger partial charge in [0, 0.05) is 27.3 Å². The summed E-state index contributed by atoms with van der Waals surface area (Å²) < 4.78 is 0. The van der Waals surface area contributed by atoms with E-state index in [1.807, 2.05) is 6.20 Å². The maximum atomic E-state index is 4.79. The second-order valence-corrected chi connectivity index (χ2v) is 8.29. The van der Waals surface area contributed by atoms with Crippen molar-refractivity contribution in [2.75, 3.05) is 0 Å². The van der Waals surface area contributed by atoms with Gasteiger partial charge in [0.25, 0.3) is 0 Å². The zero-order valence-corrected chi connectivity index (χ0v) is 19.9. The largest absolute Gasteiger partial charge is 0.304 e. The molecule has 1 aliphatic carbocycles. The van der Waals surface area contributed by atoms with E-state index < -0.39 is 0 Å². The molecule has 2 heteroatoms. The van der Waals surface area contributed by atoms with Gasteiger partial charge in [-0.05, 0) is 22.9 Å². The Morgan fingerprint density at radius 3 is 2.45 bits per heavy atom. The van der Waals surface area contributed by atoms with Crippen molar-refractivity contribution >= 4 is 10.8 Å². The Bertz CT molecular complexity index is 931. The van der Waals surface area contributed by atoms with Crippen LogP contribution in [-0.2, 0) is 40.3 Å². The minimum Gasteiger partial charge on any atom is -0.304 e. The number of rotatable bonds is 8. The average Bonchev–Trinajstić information content (AvgIpc) is 2.76. The maximum Gasteiger partial charge on any atom is 0.0239 e. The molecule has 0 unspecified atom stereocenters. The molecular weight excluding hydrogens is 533 g/mol. The summed E-state index contributed by atoms with van der Waals surface area (Å²) in [6.07, 6.45) is 16.4. The second-order valence-electron chi connectivity index (χ2n) is 8.29. The van der Waals surface area contributed by atoms with E-state index in [0.717, 1.165) is 5.69 Å². The summed E-state index contributed by atoms with van der Waals surface area (Å²) in [5.41, 5.74) is 7.02. The number of aryl methyl sites for hydroxylation is 1. The van der Waals surface area contributed by atoms with Gasteiger partial charge in [-0.2, -0.15) is 0 Å². The third kappa shape index (κ3) is 5.37. The predicted octanol–water partition coefficient (Wildman–Crippen LogP) is 7.48. The first-order valence-electron chi connectivity index (χ1n) is 11.3. The molecular formula is C27H32NPt-. The van der Waals surface area contributed by atoms with E-state index in [1.54, 1.807) is 11.1 Å². The number of hydrogen-bond acceptors (Lipinski definition) is 1. The zero-order valence-electron chi connectivity index (χ0n) is 17.6. The SMILES string of the molecule is CCCCCCCCc1c[c-]c(-c2cc3ccccc3cn2)c2c1CCCC2.[Pt]. The molecule has 1 heterocycles. The van der Waals surface area contributed by atoms with Crippen molar-refractivity contribution in [1.82, 2.24) is 4.98 Å². The van der Waals surface area contributed by atoms with Crippen molar-refractivity contribution in [2.24, 2.45) is 0 Å². The average molecular weight is 566 g/mol. The fraction of sp³-hybridized carbons (Fsp3) is 0.444. The van der Waals surface area contributed by atoms with Gasteiger partial charge in [0.05, 0.1) is 0 Å². The van der Waals surface area contributed by atoms with Gasteiger partial charge in [-0.3, -0.25) is 0 Å². The molecule has 2 aromatic carbocycles. The normalized spacial score (nSPS) is 13.1. The molecule has 0 fully saturated rings. The molecule has 1 nitrogen and oxygen atoms in total. The smallest absolute Gasteiger partial charge is 0.0239 e. The Balaban J connectivity index is 0.00000240. The standard InChI is InChI=1S/C27H32N.Pt/c1-2-3-4-5-6-7-12-21-17-18-26(25-16-11-10-15-24(21)25)27-19-22-13-8-9-14-23(22)20-28-27;/h8-9,13-14,17,19-20H,2-7,10-12,15-16H2,1H3;/q-1;. The first kappa shape index (κ1) is 22.2. The Morgan fingerprint density at radius 2 is 1.62 bits per heavy atom. The Kier molecular flexibility index (Phi) is 8.49. The van der Waals surface area contributed by atoms with Gasteiger partial charge in [-0.25, -0.2) is 0 Å². The quantitative estimate of drug-likeness (QED) is 0.204. The van der Waals surface area contributed by atoms with Gasteiger partial charge >= 0.3 is 0 Å². The second kappa shape index (κ2) is 11.1. The molecule has 3 aromatic rings. The van der Waals surface area contributed by atoms with E-state index in [-0.39, 0.29) is 21.1 Å². The van der Waals surface area contributed by atoms with Crippen molar-refractivity contribution in [2.45, 2.75) is 77.6 Å². The summed E-state index contributed by atoms with van der Waals surface area (Å²) >= 11 is 0. The molecule has 0 amide bonds. The minimum absolute atomic E-state index is 0. The fourth-order valence-corrected chi connectivity index (χ4v) is 4.64. The van der Waals surface area contributed by atoms with Crippen LogP contribution in [-0.4, -0.2) is 4.98 Å². The summed E-state index contributed by atoms with van der Waals surface area (Å²) in [5, 5.41) is 2.47. The van der Waals surface area contributed by atoms with Crippen LogP contribution in [0.2, 0.25) is 0 Å². The molecule has 29 heavy (non-hydrogen) atoms. The predicted molar refractivity (Wildman–Crippen MR) is 120 cm³/mol. The van der Waals surface area contributed by atoms with Crippen LogP contribution in [0.5, 0.6) is 0 Å². The molecule has 4 rings (SSSR count). The van der Waals surface area contributed by atoms with Crippen LogP contribution in [0.3, 0.4) is 0 Å². The van der Waals surface area contributed by atoms with Crippen LogP contribution in [0.25, 0.3) is 22.0 Å². The van der Waals surface area contributed by atoms with E-state index in [0.29, 0.717) is 0 Å². The number of nitrogens with zero attached hydrogens (tertiary/aromatic N) is 1. The van der Waals surface area contributed by atoms with Gasteiger partial charge in [0.15, 0.2) is 0 Å². The summed E-state index contributed by atoms with van der Waals surface area (Å²) in [4.78, 5) is 4.79. The molecule has 1 aromatic heterocycles. The molecule has 0 radical (unpaired) electrons. The Labute approximate surface area is 190 Å². The summed E-state index contributed by atoms with van der Waals surface area (Å²) in [6.45, 7) is 2.29. The molecule has 156 valence electrons. The molecule has 0 N–H and O–H groups in total. The Hall–Kier alpha value is -1.46. The number of fused-ring (bicyclic) bond motifs is 2. The number of aromatic nitrogens is 1. The van der Waals surface area contributed by atoms with Crippen LogP contribution < -0.4 is 0 Å². The topological polar surface area (TPSA) is 12.9 Å². The van der Waals surface area contributed by atoms with Crippen molar-refractivity contribution in [3.05, 3.63) is 65.4 Å². The molecule has 0 atom stereocenters. The first-order chi connectivity index (χ1) is 13.9. The zero-order chi connectivity index (χ0) is 19.2. The third-order valence-electron chi connectivity index (χ3n) is 6.23. The number of hydrogen-bond donors (Lipinski definition) is 0. The van der Waals surface area contributed by atoms with Gasteiger partial charge in [0.2, 0.25) is 0 Å². The molecule has 0 aliphatic heterocycles. The minimum atomic E-state index is 0. The molecule has 0 saturated carbocycles. The van der Waals surface area contributed by atoms with Crippen LogP contribution in [0.4, 0.5) is 0 Å². The van der Waals surface area contributed by atoms with Crippen LogP contribution in [0.15, 0.2) is 42.6 Å². The summed E-state index contributed by atoms with van der Waals surface area (Å²) in [6, 6.07) is 16.7. The summed E-state index contributed by atoms with van der Waals surface area (Å²) in [5.74, 6) is 0. The molecule has 0 spiro atoms. The molecule has 0 bridgehead atoms. The number of pyridine rings is 1. The van der Waals surface area contributed by atoms with E-state index in [1.165, 1.54) is 92.5 Å². The van der Waals surface area contributed by atoms with Crippen LogP contribution >= 0.6 is 0 Å². The van der Waals surface area contributed by atoms with Gasteiger partial charge in [-0.15, -0.1) is 34.4 Å². The van der Waals surface area contributed by atoms with E-state index >= 15 is 0 Å². The molecule has 1 aliphatic rings. The van der Waals surface area contributed by atoms with E-state index in [4.69, 9.17) is 4.98 Å². The van der Waals surface area contributed by atoms with Gasteiger partial charge in [-0.1, -0.05) is 101 Å². The third-order valence-corrected chi connectivity index (χ3v) is 6.23. The van der Waals surface area contributed by atoms with E-state index in [9.17, 15) is 0 Å². The van der Waals surface area contributed by atoms with Crippen LogP contribution in [0, 0.1) is 6.07 Å². The van der Waals surface area contributed by atoms with Crippen molar-refractivity contribution in [1.29, 1.82) is 0 Å². The first-order valence-corrected chi connectivity index (χ1v) is 11.3. The van der Waals surface area contributed by atoms with Gasteiger partial charge in [0.1, 0.15) is 0 Å². The number of benzene rings is 2. The van der Waals surface area contributed by atoms with E-state index in [2.05, 4.69) is 49.4 Å². The monoisotopic (exact) mass is 565 g/mol. The van der Waals surface area contributed by atoms with Crippen molar-refractivity contribution < 1.29 is 21.1 Å². The van der Waals surface area contributed by atoms with Crippen LogP contribution in [0.1, 0.15) is 75.0 Å². The Morgan fingerprint density at radius 1 is 0.897 bits per heavy atom. The van der Waals surface area contributed by atoms with Crippen molar-refractivity contribution in [3.8, 4) is 11.3 Å². The van der Waals surface area contributed by atoms with Crippen molar-refractivity contribution in [3.63, 3.8) is 0 Å². The maximum absolute atomic E-state index is 4.79. The fourth-order valence-electron chi connectivity index (χ4n) is 4.64. The summed E-state index contributed by atoms with van der Waals surface area (Å²) in [7, 11) is 0. The van der Waals surface area contributed by atoms with Gasteiger partial charge < -0.3 is 4.98 Å². The molecule has 0 saturated heterocycles.